The fourth-order valence-electron chi connectivity index (χ4n) is 3.89. The number of ether oxygens (including phenoxy) is 1. The lowest BCUT2D eigenvalue weighted by atomic mass is 10.00. The lowest BCUT2D eigenvalue weighted by Gasteiger charge is -2.37. The van der Waals surface area contributed by atoms with Crippen molar-refractivity contribution < 1.29 is 37.7 Å². The van der Waals surface area contributed by atoms with Gasteiger partial charge in [-0.15, -0.1) is 0 Å². The van der Waals surface area contributed by atoms with Crippen LogP contribution in [0.2, 0.25) is 0 Å². The van der Waals surface area contributed by atoms with Crippen molar-refractivity contribution in [3.8, 4) is 17.7 Å². The van der Waals surface area contributed by atoms with E-state index in [0.717, 1.165) is 12.1 Å². The van der Waals surface area contributed by atoms with Crippen molar-refractivity contribution >= 4 is 17.6 Å². The number of likely N-dealkylation sites (N-methyl/N-ethyl adjacent to an activating group) is 1. The second-order valence-corrected chi connectivity index (χ2v) is 9.53. The Morgan fingerprint density at radius 3 is 2.56 bits per heavy atom. The average molecular weight is 549 g/mol. The highest BCUT2D eigenvalue weighted by Gasteiger charge is 2.35. The third kappa shape index (κ3) is 7.61. The van der Waals surface area contributed by atoms with Gasteiger partial charge in [-0.2, -0.15) is 13.2 Å². The fourth-order valence-corrected chi connectivity index (χ4v) is 3.89. The van der Waals surface area contributed by atoms with Crippen LogP contribution < -0.4 is 10.1 Å². The Morgan fingerprint density at radius 1 is 1.31 bits per heavy atom. The van der Waals surface area contributed by atoms with Gasteiger partial charge in [-0.1, -0.05) is 18.8 Å². The number of benzene rings is 1. The number of amides is 3. The van der Waals surface area contributed by atoms with E-state index >= 15 is 0 Å². The molecule has 0 spiro atoms. The van der Waals surface area contributed by atoms with E-state index in [0.29, 0.717) is 5.56 Å². The van der Waals surface area contributed by atoms with Crippen LogP contribution in [0.5, 0.6) is 5.88 Å². The standard InChI is InChI=1S/C27H31F3N4O5/c1-16-13-34(17(2)15-35)25(37)22-11-19(6-5-18(3)36)12-31-24(22)39-23(16)14-33(4)26(38)32-21-9-7-20(8-10-21)27(28,29)30/h7-12,16-18,23,35-36H,13-15H2,1-4H3,(H,32,38)/t16-,17-,18+,23+/m1/s1. The lowest BCUT2D eigenvalue weighted by molar-refractivity contribution is -0.137. The highest BCUT2D eigenvalue weighted by atomic mass is 19.4. The van der Waals surface area contributed by atoms with Gasteiger partial charge in [-0.05, 0) is 44.2 Å². The number of aromatic nitrogens is 1. The molecule has 1 aromatic heterocycles. The summed E-state index contributed by atoms with van der Waals surface area (Å²) in [5, 5.41) is 21.8. The van der Waals surface area contributed by atoms with Crippen molar-refractivity contribution in [2.75, 3.05) is 32.1 Å². The van der Waals surface area contributed by atoms with Crippen LogP contribution in [0.25, 0.3) is 0 Å². The number of alkyl halides is 3. The van der Waals surface area contributed by atoms with Gasteiger partial charge in [0.1, 0.15) is 17.8 Å². The zero-order chi connectivity index (χ0) is 28.9. The first kappa shape index (κ1) is 29.7. The number of pyridine rings is 1. The number of halogens is 3. The lowest BCUT2D eigenvalue weighted by Crippen LogP contribution is -2.50. The van der Waals surface area contributed by atoms with Crippen LogP contribution in [0.4, 0.5) is 23.7 Å². The summed E-state index contributed by atoms with van der Waals surface area (Å²) in [6, 6.07) is 4.52. The number of nitrogens with zero attached hydrogens (tertiary/aromatic N) is 3. The highest BCUT2D eigenvalue weighted by Crippen LogP contribution is 2.30. The minimum atomic E-state index is -4.48. The minimum Gasteiger partial charge on any atom is -0.472 e. The van der Waals surface area contributed by atoms with Crippen LogP contribution in [-0.4, -0.2) is 81.9 Å². The van der Waals surface area contributed by atoms with Gasteiger partial charge in [0.25, 0.3) is 5.91 Å². The van der Waals surface area contributed by atoms with E-state index in [9.17, 15) is 33.0 Å². The number of nitrogens with one attached hydrogen (secondary N) is 1. The van der Waals surface area contributed by atoms with E-state index in [1.54, 1.807) is 6.92 Å². The van der Waals surface area contributed by atoms with Crippen LogP contribution in [-0.2, 0) is 6.18 Å². The molecule has 210 valence electrons. The van der Waals surface area contributed by atoms with Crippen LogP contribution >= 0.6 is 0 Å². The molecule has 3 N–H and O–H groups in total. The first-order valence-corrected chi connectivity index (χ1v) is 12.3. The second kappa shape index (κ2) is 12.4. The maximum absolute atomic E-state index is 13.4. The molecule has 3 rings (SSSR count). The zero-order valence-corrected chi connectivity index (χ0v) is 22.0. The van der Waals surface area contributed by atoms with Gasteiger partial charge in [-0.3, -0.25) is 4.79 Å². The Hall–Kier alpha value is -3.82. The number of aliphatic hydroxyl groups is 2. The van der Waals surface area contributed by atoms with Gasteiger partial charge in [0.2, 0.25) is 5.88 Å². The van der Waals surface area contributed by atoms with Gasteiger partial charge in [0.15, 0.2) is 0 Å². The number of aliphatic hydroxyl groups excluding tert-OH is 2. The third-order valence-electron chi connectivity index (χ3n) is 6.21. The van der Waals surface area contributed by atoms with E-state index in [1.165, 1.54) is 48.2 Å². The number of carbonyl (C=O) groups is 2. The summed E-state index contributed by atoms with van der Waals surface area (Å²) in [4.78, 5) is 33.3. The average Bonchev–Trinajstić information content (AvgIpc) is 2.88. The molecule has 2 heterocycles. The molecule has 3 amide bonds. The first-order valence-electron chi connectivity index (χ1n) is 12.3. The molecular weight excluding hydrogens is 517 g/mol. The molecule has 0 saturated carbocycles. The predicted octanol–water partition coefficient (Wildman–Crippen LogP) is 3.22. The molecule has 0 fully saturated rings. The molecule has 1 aliphatic heterocycles. The minimum absolute atomic E-state index is 0.0332. The molecule has 0 bridgehead atoms. The monoisotopic (exact) mass is 548 g/mol. The van der Waals surface area contributed by atoms with Crippen molar-refractivity contribution in [2.45, 2.75) is 45.2 Å². The summed E-state index contributed by atoms with van der Waals surface area (Å²) in [6.07, 6.45) is -4.58. The Morgan fingerprint density at radius 2 is 1.97 bits per heavy atom. The summed E-state index contributed by atoms with van der Waals surface area (Å²) < 4.78 is 44.6. The molecule has 0 radical (unpaired) electrons. The van der Waals surface area contributed by atoms with Crippen molar-refractivity contribution in [3.63, 3.8) is 0 Å². The number of anilines is 1. The van der Waals surface area contributed by atoms with E-state index in [1.807, 2.05) is 6.92 Å². The van der Waals surface area contributed by atoms with E-state index < -0.39 is 41.9 Å². The maximum Gasteiger partial charge on any atom is 0.416 e. The number of fused-ring (bicyclic) bond motifs is 1. The molecule has 12 heteroatoms. The van der Waals surface area contributed by atoms with Gasteiger partial charge < -0.3 is 30.1 Å². The topological polar surface area (TPSA) is 115 Å². The van der Waals surface area contributed by atoms with Crippen molar-refractivity contribution in [2.24, 2.45) is 5.92 Å². The van der Waals surface area contributed by atoms with Gasteiger partial charge in [0.05, 0.1) is 24.8 Å². The number of hydrogen-bond acceptors (Lipinski definition) is 6. The molecule has 0 aliphatic carbocycles. The number of hydrogen-bond donors (Lipinski definition) is 3. The molecule has 1 aliphatic rings. The molecule has 0 unspecified atom stereocenters. The fraction of sp³-hybridized carbons (Fsp3) is 0.444. The van der Waals surface area contributed by atoms with E-state index in [2.05, 4.69) is 22.1 Å². The summed E-state index contributed by atoms with van der Waals surface area (Å²) >= 11 is 0. The van der Waals surface area contributed by atoms with Crippen LogP contribution in [0.15, 0.2) is 36.5 Å². The molecule has 39 heavy (non-hydrogen) atoms. The largest absolute Gasteiger partial charge is 0.472 e. The normalized spacial score (nSPS) is 18.9. The Bertz CT molecular complexity index is 1240. The first-order chi connectivity index (χ1) is 18.3. The number of urea groups is 1. The summed E-state index contributed by atoms with van der Waals surface area (Å²) in [5.74, 6) is 4.68. The molecule has 4 atom stereocenters. The van der Waals surface area contributed by atoms with Gasteiger partial charge in [-0.25, -0.2) is 9.78 Å². The van der Waals surface area contributed by atoms with Crippen LogP contribution in [0.3, 0.4) is 0 Å². The van der Waals surface area contributed by atoms with Crippen LogP contribution in [0.1, 0.15) is 42.3 Å². The molecule has 0 saturated heterocycles. The Kier molecular flexibility index (Phi) is 9.42. The van der Waals surface area contributed by atoms with E-state index in [-0.39, 0.29) is 42.7 Å². The second-order valence-electron chi connectivity index (χ2n) is 9.53. The van der Waals surface area contributed by atoms with Gasteiger partial charge in [0, 0.05) is 37.0 Å². The summed E-state index contributed by atoms with van der Waals surface area (Å²) in [6.45, 7) is 5.05. The number of carbonyl (C=O) groups excluding carboxylic acids is 2. The Balaban J connectivity index is 1.84. The van der Waals surface area contributed by atoms with Crippen molar-refractivity contribution in [1.29, 1.82) is 0 Å². The molecular formula is C27H31F3N4O5. The Labute approximate surface area is 224 Å². The quantitative estimate of drug-likeness (QED) is 0.495. The summed E-state index contributed by atoms with van der Waals surface area (Å²) in [7, 11) is 1.51. The van der Waals surface area contributed by atoms with Gasteiger partial charge >= 0.3 is 12.2 Å². The zero-order valence-electron chi connectivity index (χ0n) is 22.0. The number of rotatable bonds is 5. The molecule has 2 aromatic rings. The maximum atomic E-state index is 13.4. The van der Waals surface area contributed by atoms with Crippen molar-refractivity contribution in [3.05, 3.63) is 53.2 Å². The highest BCUT2D eigenvalue weighted by molar-refractivity contribution is 5.97. The SMILES string of the molecule is C[C@H](O)C#Cc1cnc2c(c1)C(=O)N([C@H](C)CO)C[C@@H](C)[C@H](CN(C)C(=O)Nc1ccc(C(F)(F)F)cc1)O2. The molecule has 9 nitrogen and oxygen atoms in total. The predicted molar refractivity (Wildman–Crippen MR) is 137 cm³/mol. The third-order valence-corrected chi connectivity index (χ3v) is 6.21. The smallest absolute Gasteiger partial charge is 0.416 e. The van der Waals surface area contributed by atoms with E-state index in [4.69, 9.17) is 4.74 Å². The summed E-state index contributed by atoms with van der Waals surface area (Å²) in [5.41, 5.74) is -0.117. The molecule has 1 aromatic carbocycles. The van der Waals surface area contributed by atoms with Crippen LogP contribution in [0, 0.1) is 17.8 Å². The van der Waals surface area contributed by atoms with Crippen molar-refractivity contribution in [1.82, 2.24) is 14.8 Å².